The maximum atomic E-state index is 11.0. The predicted molar refractivity (Wildman–Crippen MR) is 139 cm³/mol. The van der Waals surface area contributed by atoms with E-state index >= 15 is 0 Å². The molecule has 0 aromatic heterocycles. The SMILES string of the molecule is O=C(O)CCOC[C@H]1OC(O)[C@H](OCc2ccccc2)[C@@H](OCc2ccccc2)[C@@H]1OCc1ccccc1. The third kappa shape index (κ3) is 8.46. The summed E-state index contributed by atoms with van der Waals surface area (Å²) in [5, 5.41) is 20.0. The Hall–Kier alpha value is -3.11. The van der Waals surface area contributed by atoms with Crippen molar-refractivity contribution in [3.63, 3.8) is 0 Å². The minimum absolute atomic E-state index is 0.0141. The molecule has 5 atom stereocenters. The van der Waals surface area contributed by atoms with Crippen LogP contribution in [0.25, 0.3) is 0 Å². The van der Waals surface area contributed by atoms with Crippen molar-refractivity contribution in [1.82, 2.24) is 0 Å². The van der Waals surface area contributed by atoms with Gasteiger partial charge in [0.05, 0.1) is 39.5 Å². The maximum Gasteiger partial charge on any atom is 0.305 e. The summed E-state index contributed by atoms with van der Waals surface area (Å²) in [6, 6.07) is 29.1. The Balaban J connectivity index is 1.54. The van der Waals surface area contributed by atoms with Crippen LogP contribution >= 0.6 is 0 Å². The summed E-state index contributed by atoms with van der Waals surface area (Å²) in [5.41, 5.74) is 2.88. The number of hydrogen-bond acceptors (Lipinski definition) is 7. The zero-order chi connectivity index (χ0) is 26.6. The number of rotatable bonds is 14. The highest BCUT2D eigenvalue weighted by Gasteiger charge is 2.48. The molecule has 3 aromatic rings. The Kier molecular flexibility index (Phi) is 10.8. The predicted octanol–water partition coefficient (Wildman–Crippen LogP) is 3.95. The van der Waals surface area contributed by atoms with Crippen molar-refractivity contribution in [3.05, 3.63) is 108 Å². The summed E-state index contributed by atoms with van der Waals surface area (Å²) in [6.07, 6.45) is -4.34. The number of aliphatic hydroxyl groups is 1. The van der Waals surface area contributed by atoms with Gasteiger partial charge in [0.2, 0.25) is 0 Å². The average Bonchev–Trinajstić information content (AvgIpc) is 2.94. The van der Waals surface area contributed by atoms with E-state index in [9.17, 15) is 9.90 Å². The topological polar surface area (TPSA) is 104 Å². The molecule has 3 aromatic carbocycles. The molecule has 8 heteroatoms. The van der Waals surface area contributed by atoms with Crippen molar-refractivity contribution in [3.8, 4) is 0 Å². The zero-order valence-corrected chi connectivity index (χ0v) is 21.1. The summed E-state index contributed by atoms with van der Waals surface area (Å²) in [5.74, 6) is -0.954. The van der Waals surface area contributed by atoms with E-state index in [0.717, 1.165) is 16.7 Å². The number of aliphatic carboxylic acids is 1. The van der Waals surface area contributed by atoms with Crippen LogP contribution in [0.4, 0.5) is 0 Å². The molecule has 0 amide bonds. The van der Waals surface area contributed by atoms with Crippen LogP contribution < -0.4 is 0 Å². The molecule has 38 heavy (non-hydrogen) atoms. The lowest BCUT2D eigenvalue weighted by molar-refractivity contribution is -0.317. The third-order valence-electron chi connectivity index (χ3n) is 6.21. The Labute approximate surface area is 222 Å². The van der Waals surface area contributed by atoms with Crippen LogP contribution in [0.5, 0.6) is 0 Å². The molecule has 0 spiro atoms. The smallest absolute Gasteiger partial charge is 0.305 e. The first-order valence-corrected chi connectivity index (χ1v) is 12.7. The van der Waals surface area contributed by atoms with E-state index in [0.29, 0.717) is 0 Å². The second-order valence-electron chi connectivity index (χ2n) is 9.07. The Morgan fingerprint density at radius 3 is 1.61 bits per heavy atom. The average molecular weight is 523 g/mol. The van der Waals surface area contributed by atoms with Gasteiger partial charge in [-0.15, -0.1) is 0 Å². The van der Waals surface area contributed by atoms with Crippen LogP contribution in [0.2, 0.25) is 0 Å². The monoisotopic (exact) mass is 522 g/mol. The van der Waals surface area contributed by atoms with Crippen molar-refractivity contribution in [2.45, 2.75) is 56.9 Å². The Morgan fingerprint density at radius 2 is 1.13 bits per heavy atom. The molecule has 202 valence electrons. The van der Waals surface area contributed by atoms with E-state index in [1.54, 1.807) is 0 Å². The third-order valence-corrected chi connectivity index (χ3v) is 6.21. The van der Waals surface area contributed by atoms with Crippen molar-refractivity contribution in [2.75, 3.05) is 13.2 Å². The highest BCUT2D eigenvalue weighted by Crippen LogP contribution is 2.30. The number of hydrogen-bond donors (Lipinski definition) is 2. The quantitative estimate of drug-likeness (QED) is 0.307. The van der Waals surface area contributed by atoms with Gasteiger partial charge in [-0.2, -0.15) is 0 Å². The fourth-order valence-electron chi connectivity index (χ4n) is 4.26. The largest absolute Gasteiger partial charge is 0.481 e. The van der Waals surface area contributed by atoms with Gasteiger partial charge < -0.3 is 33.9 Å². The summed E-state index contributed by atoms with van der Waals surface area (Å²) in [6.45, 7) is 0.858. The van der Waals surface area contributed by atoms with E-state index in [1.165, 1.54) is 0 Å². The van der Waals surface area contributed by atoms with E-state index < -0.39 is 36.7 Å². The molecule has 0 saturated carbocycles. The zero-order valence-electron chi connectivity index (χ0n) is 21.1. The highest BCUT2D eigenvalue weighted by atomic mass is 16.7. The van der Waals surface area contributed by atoms with E-state index in [-0.39, 0.29) is 39.5 Å². The standard InChI is InChI=1S/C30H34O8/c31-26(32)16-17-34-21-25-27(35-18-22-10-4-1-5-11-22)28(36-19-23-12-6-2-7-13-23)29(30(33)38-25)37-20-24-14-8-3-9-15-24/h1-15,25,27-30,33H,16-21H2,(H,31,32)/t25-,27-,28+,29-,30?/m1/s1. The van der Waals surface area contributed by atoms with Crippen LogP contribution in [0.1, 0.15) is 23.1 Å². The summed E-state index contributed by atoms with van der Waals surface area (Å²) in [7, 11) is 0. The van der Waals surface area contributed by atoms with Gasteiger partial charge in [-0.1, -0.05) is 91.0 Å². The molecule has 8 nitrogen and oxygen atoms in total. The number of aliphatic hydroxyl groups excluding tert-OH is 1. The van der Waals surface area contributed by atoms with Crippen LogP contribution in [0, 0.1) is 0 Å². The fourth-order valence-corrected chi connectivity index (χ4v) is 4.26. The first-order chi connectivity index (χ1) is 18.6. The molecule has 1 fully saturated rings. The normalized spacial score (nSPS) is 23.2. The first-order valence-electron chi connectivity index (χ1n) is 12.7. The van der Waals surface area contributed by atoms with Gasteiger partial charge in [0.1, 0.15) is 24.4 Å². The fraction of sp³-hybridized carbons (Fsp3) is 0.367. The van der Waals surface area contributed by atoms with Crippen LogP contribution in [-0.2, 0) is 48.3 Å². The van der Waals surface area contributed by atoms with Crippen LogP contribution in [-0.4, -0.2) is 60.1 Å². The molecular formula is C30H34O8. The lowest BCUT2D eigenvalue weighted by Gasteiger charge is -2.44. The number of carboxylic acids is 1. The van der Waals surface area contributed by atoms with Gasteiger partial charge in [-0.05, 0) is 16.7 Å². The molecule has 1 aliphatic rings. The van der Waals surface area contributed by atoms with Crippen molar-refractivity contribution >= 4 is 5.97 Å². The summed E-state index contributed by atoms with van der Waals surface area (Å²) >= 11 is 0. The molecule has 0 bridgehead atoms. The second-order valence-corrected chi connectivity index (χ2v) is 9.07. The molecule has 1 saturated heterocycles. The van der Waals surface area contributed by atoms with Gasteiger partial charge in [-0.3, -0.25) is 4.79 Å². The van der Waals surface area contributed by atoms with Crippen LogP contribution in [0.3, 0.4) is 0 Å². The molecule has 0 aliphatic carbocycles. The van der Waals surface area contributed by atoms with E-state index in [4.69, 9.17) is 28.8 Å². The first kappa shape index (κ1) is 27.9. The molecule has 4 rings (SSSR count). The van der Waals surface area contributed by atoms with Crippen molar-refractivity contribution in [2.24, 2.45) is 0 Å². The molecular weight excluding hydrogens is 488 g/mol. The maximum absolute atomic E-state index is 11.0. The molecule has 0 radical (unpaired) electrons. The minimum atomic E-state index is -1.30. The summed E-state index contributed by atoms with van der Waals surface area (Å²) < 4.78 is 30.4. The van der Waals surface area contributed by atoms with Gasteiger partial charge in [0.15, 0.2) is 6.29 Å². The lowest BCUT2D eigenvalue weighted by atomic mass is 9.98. The number of benzene rings is 3. The number of carbonyl (C=O) groups is 1. The van der Waals surface area contributed by atoms with E-state index in [2.05, 4.69) is 0 Å². The van der Waals surface area contributed by atoms with Gasteiger partial charge in [-0.25, -0.2) is 0 Å². The second kappa shape index (κ2) is 14.7. The lowest BCUT2D eigenvalue weighted by Crippen LogP contribution is -2.61. The molecule has 1 heterocycles. The van der Waals surface area contributed by atoms with Crippen molar-refractivity contribution in [1.29, 1.82) is 0 Å². The van der Waals surface area contributed by atoms with Gasteiger partial charge >= 0.3 is 5.97 Å². The van der Waals surface area contributed by atoms with Gasteiger partial charge in [0, 0.05) is 0 Å². The molecule has 1 unspecified atom stereocenters. The van der Waals surface area contributed by atoms with Crippen molar-refractivity contribution < 1.29 is 38.7 Å². The Bertz CT molecular complexity index is 1080. The minimum Gasteiger partial charge on any atom is -0.481 e. The highest BCUT2D eigenvalue weighted by molar-refractivity contribution is 5.66. The molecule has 2 N–H and O–H groups in total. The number of ether oxygens (including phenoxy) is 5. The van der Waals surface area contributed by atoms with Gasteiger partial charge in [0.25, 0.3) is 0 Å². The van der Waals surface area contributed by atoms with E-state index in [1.807, 2.05) is 91.0 Å². The summed E-state index contributed by atoms with van der Waals surface area (Å²) in [4.78, 5) is 10.9. The van der Waals surface area contributed by atoms with Crippen LogP contribution in [0.15, 0.2) is 91.0 Å². The molecule has 1 aliphatic heterocycles. The number of carboxylic acid groups (broad SMARTS) is 1. The Morgan fingerprint density at radius 1 is 0.684 bits per heavy atom.